The van der Waals surface area contributed by atoms with Crippen molar-refractivity contribution >= 4 is 11.4 Å². The molecule has 2 N–H and O–H groups in total. The van der Waals surface area contributed by atoms with Crippen LogP contribution in [0.3, 0.4) is 0 Å². The molecule has 1 aromatic carbocycles. The number of benzene rings is 1. The first-order valence-corrected chi connectivity index (χ1v) is 5.31. The minimum atomic E-state index is 0.678. The summed E-state index contributed by atoms with van der Waals surface area (Å²) in [7, 11) is 0. The van der Waals surface area contributed by atoms with Crippen LogP contribution in [0.2, 0.25) is 0 Å². The Bertz CT molecular complexity index is 333. The van der Waals surface area contributed by atoms with Crippen LogP contribution in [0.5, 0.6) is 0 Å². The van der Waals surface area contributed by atoms with Crippen LogP contribution in [-0.4, -0.2) is 12.6 Å². The Morgan fingerprint density at radius 3 is 2.79 bits per heavy atom. The van der Waals surface area contributed by atoms with E-state index in [4.69, 9.17) is 5.73 Å². The highest BCUT2D eigenvalue weighted by molar-refractivity contribution is 5.60. The lowest BCUT2D eigenvalue weighted by atomic mass is 10.1. The Morgan fingerprint density at radius 1 is 1.43 bits per heavy atom. The predicted molar refractivity (Wildman–Crippen MR) is 61.6 cm³/mol. The molecule has 2 rings (SSSR count). The zero-order chi connectivity index (χ0) is 10.1. The third kappa shape index (κ3) is 1.57. The summed E-state index contributed by atoms with van der Waals surface area (Å²) in [5, 5.41) is 0. The van der Waals surface area contributed by atoms with Gasteiger partial charge in [-0.3, -0.25) is 0 Å². The summed E-state index contributed by atoms with van der Waals surface area (Å²) in [6.07, 6.45) is 2.62. The van der Waals surface area contributed by atoms with E-state index in [0.29, 0.717) is 6.04 Å². The van der Waals surface area contributed by atoms with Gasteiger partial charge >= 0.3 is 0 Å². The molecule has 0 spiro atoms. The smallest absolute Gasteiger partial charge is 0.0399 e. The topological polar surface area (TPSA) is 29.3 Å². The van der Waals surface area contributed by atoms with Crippen molar-refractivity contribution in [3.63, 3.8) is 0 Å². The molecule has 0 amide bonds. The van der Waals surface area contributed by atoms with Crippen LogP contribution < -0.4 is 10.6 Å². The fourth-order valence-electron chi connectivity index (χ4n) is 2.29. The lowest BCUT2D eigenvalue weighted by molar-refractivity contribution is 0.733. The molecule has 0 bridgehead atoms. The van der Waals surface area contributed by atoms with Gasteiger partial charge in [0.05, 0.1) is 0 Å². The van der Waals surface area contributed by atoms with Crippen molar-refractivity contribution in [2.45, 2.75) is 32.7 Å². The van der Waals surface area contributed by atoms with E-state index in [-0.39, 0.29) is 0 Å². The van der Waals surface area contributed by atoms with E-state index in [1.165, 1.54) is 30.6 Å². The SMILES string of the molecule is Cc1cc(N)ccc1N1CCCC1C. The number of anilines is 2. The van der Waals surface area contributed by atoms with E-state index in [1.807, 2.05) is 6.07 Å². The third-order valence-electron chi connectivity index (χ3n) is 3.08. The van der Waals surface area contributed by atoms with Crippen molar-refractivity contribution in [3.05, 3.63) is 23.8 Å². The molecular weight excluding hydrogens is 172 g/mol. The first-order valence-electron chi connectivity index (χ1n) is 5.31. The summed E-state index contributed by atoms with van der Waals surface area (Å²) in [6, 6.07) is 6.87. The van der Waals surface area contributed by atoms with Crippen LogP contribution in [0.4, 0.5) is 11.4 Å². The molecule has 1 heterocycles. The molecule has 2 nitrogen and oxygen atoms in total. The van der Waals surface area contributed by atoms with E-state index in [1.54, 1.807) is 0 Å². The van der Waals surface area contributed by atoms with Crippen LogP contribution in [0, 0.1) is 6.92 Å². The monoisotopic (exact) mass is 190 g/mol. The highest BCUT2D eigenvalue weighted by Crippen LogP contribution is 2.29. The van der Waals surface area contributed by atoms with Crippen molar-refractivity contribution in [3.8, 4) is 0 Å². The largest absolute Gasteiger partial charge is 0.399 e. The molecule has 1 atom stereocenters. The summed E-state index contributed by atoms with van der Waals surface area (Å²) in [6.45, 7) is 5.62. The molecule has 1 saturated heterocycles. The van der Waals surface area contributed by atoms with Crippen LogP contribution in [-0.2, 0) is 0 Å². The van der Waals surface area contributed by atoms with Crippen molar-refractivity contribution in [2.75, 3.05) is 17.2 Å². The van der Waals surface area contributed by atoms with Gasteiger partial charge in [0.25, 0.3) is 0 Å². The lowest BCUT2D eigenvalue weighted by Gasteiger charge is -2.25. The molecular formula is C12H18N2. The van der Waals surface area contributed by atoms with Crippen LogP contribution >= 0.6 is 0 Å². The Morgan fingerprint density at radius 2 is 2.21 bits per heavy atom. The quantitative estimate of drug-likeness (QED) is 0.690. The maximum atomic E-state index is 5.74. The van der Waals surface area contributed by atoms with Gasteiger partial charge in [0, 0.05) is 24.0 Å². The number of aryl methyl sites for hydroxylation is 1. The highest BCUT2D eigenvalue weighted by atomic mass is 15.2. The molecule has 1 aromatic rings. The zero-order valence-electron chi connectivity index (χ0n) is 8.96. The molecule has 0 aromatic heterocycles. The number of nitrogens with two attached hydrogens (primary N) is 1. The summed E-state index contributed by atoms with van der Waals surface area (Å²) in [5.41, 5.74) is 9.24. The van der Waals surface area contributed by atoms with Gasteiger partial charge in [0.2, 0.25) is 0 Å². The average Bonchev–Trinajstić information content (AvgIpc) is 2.52. The predicted octanol–water partition coefficient (Wildman–Crippen LogP) is 2.57. The van der Waals surface area contributed by atoms with Gasteiger partial charge < -0.3 is 10.6 Å². The molecule has 1 fully saturated rings. The second-order valence-electron chi connectivity index (χ2n) is 4.23. The molecule has 0 radical (unpaired) electrons. The summed E-state index contributed by atoms with van der Waals surface area (Å²) < 4.78 is 0. The Kier molecular flexibility index (Phi) is 2.36. The van der Waals surface area contributed by atoms with Crippen molar-refractivity contribution in [1.29, 1.82) is 0 Å². The number of hydrogen-bond donors (Lipinski definition) is 1. The molecule has 1 unspecified atom stereocenters. The molecule has 0 saturated carbocycles. The summed E-state index contributed by atoms with van der Waals surface area (Å²) in [4.78, 5) is 2.48. The standard InChI is InChI=1S/C12H18N2/c1-9-8-11(13)5-6-12(9)14-7-3-4-10(14)2/h5-6,8,10H,3-4,7,13H2,1-2H3. The third-order valence-corrected chi connectivity index (χ3v) is 3.08. The minimum Gasteiger partial charge on any atom is -0.399 e. The summed E-state index contributed by atoms with van der Waals surface area (Å²) >= 11 is 0. The molecule has 1 aliphatic rings. The maximum Gasteiger partial charge on any atom is 0.0399 e. The lowest BCUT2D eigenvalue weighted by Crippen LogP contribution is -2.26. The van der Waals surface area contributed by atoms with Crippen LogP contribution in [0.25, 0.3) is 0 Å². The van der Waals surface area contributed by atoms with E-state index < -0.39 is 0 Å². The molecule has 2 heteroatoms. The Labute approximate surface area is 85.7 Å². The van der Waals surface area contributed by atoms with Crippen molar-refractivity contribution < 1.29 is 0 Å². The normalized spacial score (nSPS) is 21.6. The number of rotatable bonds is 1. The van der Waals surface area contributed by atoms with Gasteiger partial charge in [-0.2, -0.15) is 0 Å². The molecule has 0 aliphatic carbocycles. The van der Waals surface area contributed by atoms with E-state index in [0.717, 1.165) is 5.69 Å². The van der Waals surface area contributed by atoms with Crippen molar-refractivity contribution in [2.24, 2.45) is 0 Å². The first kappa shape index (κ1) is 9.38. The second-order valence-corrected chi connectivity index (χ2v) is 4.23. The first-order chi connectivity index (χ1) is 6.68. The molecule has 76 valence electrons. The van der Waals surface area contributed by atoms with Gasteiger partial charge in [0.1, 0.15) is 0 Å². The van der Waals surface area contributed by atoms with Crippen molar-refractivity contribution in [1.82, 2.24) is 0 Å². The highest BCUT2D eigenvalue weighted by Gasteiger charge is 2.21. The van der Waals surface area contributed by atoms with Gasteiger partial charge in [-0.15, -0.1) is 0 Å². The fourth-order valence-corrected chi connectivity index (χ4v) is 2.29. The zero-order valence-corrected chi connectivity index (χ0v) is 8.96. The maximum absolute atomic E-state index is 5.74. The van der Waals surface area contributed by atoms with Crippen LogP contribution in [0.1, 0.15) is 25.3 Å². The second kappa shape index (κ2) is 3.52. The molecule has 14 heavy (non-hydrogen) atoms. The molecule has 1 aliphatic heterocycles. The van der Waals surface area contributed by atoms with Crippen LogP contribution in [0.15, 0.2) is 18.2 Å². The Balaban J connectivity index is 2.31. The fraction of sp³-hybridized carbons (Fsp3) is 0.500. The van der Waals surface area contributed by atoms with E-state index >= 15 is 0 Å². The Hall–Kier alpha value is -1.18. The number of nitrogens with zero attached hydrogens (tertiary/aromatic N) is 1. The summed E-state index contributed by atoms with van der Waals surface area (Å²) in [5.74, 6) is 0. The number of nitrogen functional groups attached to an aromatic ring is 1. The minimum absolute atomic E-state index is 0.678. The number of hydrogen-bond acceptors (Lipinski definition) is 2. The van der Waals surface area contributed by atoms with E-state index in [2.05, 4.69) is 30.9 Å². The van der Waals surface area contributed by atoms with Gasteiger partial charge in [-0.25, -0.2) is 0 Å². The van der Waals surface area contributed by atoms with Gasteiger partial charge in [-0.05, 0) is 50.5 Å². The van der Waals surface area contributed by atoms with E-state index in [9.17, 15) is 0 Å². The van der Waals surface area contributed by atoms with Gasteiger partial charge in [0.15, 0.2) is 0 Å². The average molecular weight is 190 g/mol. The van der Waals surface area contributed by atoms with Gasteiger partial charge in [-0.1, -0.05) is 0 Å².